The molecular formula is C22H26N2O3. The van der Waals surface area contributed by atoms with Gasteiger partial charge in [-0.3, -0.25) is 9.69 Å². The maximum absolute atomic E-state index is 13.1. The quantitative estimate of drug-likeness (QED) is 0.883. The Morgan fingerprint density at radius 3 is 2.37 bits per heavy atom. The monoisotopic (exact) mass is 366 g/mol. The summed E-state index contributed by atoms with van der Waals surface area (Å²) >= 11 is 0. The van der Waals surface area contributed by atoms with Gasteiger partial charge in [-0.1, -0.05) is 36.4 Å². The number of rotatable bonds is 5. The smallest absolute Gasteiger partial charge is 0.241 e. The summed E-state index contributed by atoms with van der Waals surface area (Å²) in [7, 11) is 3.97. The first-order chi connectivity index (χ1) is 13.1. The van der Waals surface area contributed by atoms with Gasteiger partial charge in [0.2, 0.25) is 5.91 Å². The zero-order chi connectivity index (χ0) is 18.9. The van der Waals surface area contributed by atoms with Crippen LogP contribution < -0.4 is 14.8 Å². The summed E-state index contributed by atoms with van der Waals surface area (Å²) in [5.74, 6) is 1.64. The highest BCUT2D eigenvalue weighted by Gasteiger charge is 2.45. The van der Waals surface area contributed by atoms with E-state index in [1.54, 1.807) is 0 Å². The summed E-state index contributed by atoms with van der Waals surface area (Å²) in [6.45, 7) is 1.08. The average molecular weight is 366 g/mol. The molecule has 1 aliphatic heterocycles. The first-order valence-corrected chi connectivity index (χ1v) is 9.49. The van der Waals surface area contributed by atoms with Crippen molar-refractivity contribution in [3.05, 3.63) is 59.7 Å². The number of hydrogen-bond acceptors (Lipinski definition) is 4. The van der Waals surface area contributed by atoms with Crippen molar-refractivity contribution < 1.29 is 14.3 Å². The number of para-hydroxylation sites is 2. The number of carbonyl (C=O) groups excluding carboxylic acids is 1. The van der Waals surface area contributed by atoms with Gasteiger partial charge in [-0.05, 0) is 37.4 Å². The van der Waals surface area contributed by atoms with E-state index in [4.69, 9.17) is 9.47 Å². The molecule has 142 valence electrons. The van der Waals surface area contributed by atoms with Gasteiger partial charge in [0, 0.05) is 25.8 Å². The standard InChI is InChI=1S/C22H26N2O3/c1-24(2)22(13-16-7-3-4-8-17(16)14-22)21(25)23-12-11-18-15-26-19-9-5-6-10-20(19)27-18/h3-10,18H,11-15H2,1-2H3,(H,23,25)/t18-/m1/s1. The largest absolute Gasteiger partial charge is 0.486 e. The number of nitrogens with zero attached hydrogens (tertiary/aromatic N) is 1. The molecule has 2 aromatic rings. The van der Waals surface area contributed by atoms with E-state index in [9.17, 15) is 4.79 Å². The molecule has 0 fully saturated rings. The van der Waals surface area contributed by atoms with Gasteiger partial charge in [-0.2, -0.15) is 0 Å². The number of hydrogen-bond donors (Lipinski definition) is 1. The van der Waals surface area contributed by atoms with Gasteiger partial charge in [0.15, 0.2) is 11.5 Å². The highest BCUT2D eigenvalue weighted by Crippen LogP contribution is 2.34. The molecule has 4 rings (SSSR count). The van der Waals surface area contributed by atoms with Crippen LogP contribution in [-0.4, -0.2) is 49.7 Å². The Labute approximate surface area is 160 Å². The second-order valence-corrected chi connectivity index (χ2v) is 7.59. The molecule has 1 N–H and O–H groups in total. The van der Waals surface area contributed by atoms with Crippen LogP contribution in [-0.2, 0) is 17.6 Å². The third-order valence-electron chi connectivity index (χ3n) is 5.68. The predicted molar refractivity (Wildman–Crippen MR) is 104 cm³/mol. The van der Waals surface area contributed by atoms with Crippen molar-refractivity contribution >= 4 is 5.91 Å². The molecule has 27 heavy (non-hydrogen) atoms. The van der Waals surface area contributed by atoms with Crippen LogP contribution in [0.2, 0.25) is 0 Å². The Morgan fingerprint density at radius 1 is 1.07 bits per heavy atom. The predicted octanol–water partition coefficient (Wildman–Crippen LogP) is 2.43. The minimum atomic E-state index is -0.514. The molecule has 2 aliphatic rings. The molecule has 5 nitrogen and oxygen atoms in total. The van der Waals surface area contributed by atoms with E-state index < -0.39 is 5.54 Å². The summed E-state index contributed by atoms with van der Waals surface area (Å²) in [6, 6.07) is 16.0. The first-order valence-electron chi connectivity index (χ1n) is 9.49. The molecule has 0 saturated carbocycles. The SMILES string of the molecule is CN(C)C1(C(=O)NCC[C@@H]2COc3ccccc3O2)Cc2ccccc2C1. The zero-order valence-corrected chi connectivity index (χ0v) is 15.9. The van der Waals surface area contributed by atoms with Crippen molar-refractivity contribution in [3.63, 3.8) is 0 Å². The topological polar surface area (TPSA) is 50.8 Å². The molecule has 1 aliphatic carbocycles. The summed E-state index contributed by atoms with van der Waals surface area (Å²) in [6.07, 6.45) is 2.17. The van der Waals surface area contributed by atoms with E-state index in [0.717, 1.165) is 30.8 Å². The number of carbonyl (C=O) groups is 1. The molecule has 0 radical (unpaired) electrons. The number of amides is 1. The molecule has 5 heteroatoms. The lowest BCUT2D eigenvalue weighted by atomic mass is 9.93. The number of benzene rings is 2. The molecular weight excluding hydrogens is 340 g/mol. The lowest BCUT2D eigenvalue weighted by molar-refractivity contribution is -0.131. The fourth-order valence-electron chi connectivity index (χ4n) is 3.99. The van der Waals surface area contributed by atoms with Crippen molar-refractivity contribution in [1.82, 2.24) is 10.2 Å². The van der Waals surface area contributed by atoms with Gasteiger partial charge in [-0.15, -0.1) is 0 Å². The van der Waals surface area contributed by atoms with E-state index in [2.05, 4.69) is 22.3 Å². The minimum Gasteiger partial charge on any atom is -0.486 e. The molecule has 0 spiro atoms. The lowest BCUT2D eigenvalue weighted by Crippen LogP contribution is -2.57. The van der Waals surface area contributed by atoms with E-state index in [1.165, 1.54) is 11.1 Å². The van der Waals surface area contributed by atoms with Crippen LogP contribution >= 0.6 is 0 Å². The Morgan fingerprint density at radius 2 is 1.70 bits per heavy atom. The number of fused-ring (bicyclic) bond motifs is 2. The Bertz CT molecular complexity index is 809. The van der Waals surface area contributed by atoms with E-state index >= 15 is 0 Å². The second kappa shape index (κ2) is 7.24. The van der Waals surface area contributed by atoms with Gasteiger partial charge in [0.25, 0.3) is 0 Å². The van der Waals surface area contributed by atoms with E-state index in [0.29, 0.717) is 13.2 Å². The average Bonchev–Trinajstić information content (AvgIpc) is 3.09. The van der Waals surface area contributed by atoms with Crippen molar-refractivity contribution in [3.8, 4) is 11.5 Å². The van der Waals surface area contributed by atoms with Gasteiger partial charge < -0.3 is 14.8 Å². The van der Waals surface area contributed by atoms with Gasteiger partial charge >= 0.3 is 0 Å². The number of ether oxygens (including phenoxy) is 2. The van der Waals surface area contributed by atoms with E-state index in [-0.39, 0.29) is 12.0 Å². The molecule has 2 aromatic carbocycles. The number of nitrogens with one attached hydrogen (secondary N) is 1. The summed E-state index contributed by atoms with van der Waals surface area (Å²) in [5.41, 5.74) is 2.02. The van der Waals surface area contributed by atoms with E-state index in [1.807, 2.05) is 50.5 Å². The fourth-order valence-corrected chi connectivity index (χ4v) is 3.99. The Kier molecular flexibility index (Phi) is 4.79. The lowest BCUT2D eigenvalue weighted by Gasteiger charge is -2.35. The molecule has 1 amide bonds. The van der Waals surface area contributed by atoms with Crippen LogP contribution in [0, 0.1) is 0 Å². The van der Waals surface area contributed by atoms with Crippen LogP contribution in [0.5, 0.6) is 11.5 Å². The maximum atomic E-state index is 13.1. The third-order valence-corrected chi connectivity index (χ3v) is 5.68. The highest BCUT2D eigenvalue weighted by atomic mass is 16.6. The summed E-state index contributed by atoms with van der Waals surface area (Å²) < 4.78 is 11.7. The Balaban J connectivity index is 1.35. The van der Waals surface area contributed by atoms with Crippen LogP contribution in [0.25, 0.3) is 0 Å². The van der Waals surface area contributed by atoms with Gasteiger partial charge in [-0.25, -0.2) is 0 Å². The summed E-state index contributed by atoms with van der Waals surface area (Å²) in [4.78, 5) is 15.1. The first kappa shape index (κ1) is 17.9. The molecule has 0 unspecified atom stereocenters. The molecule has 0 bridgehead atoms. The maximum Gasteiger partial charge on any atom is 0.241 e. The summed E-state index contributed by atoms with van der Waals surface area (Å²) in [5, 5.41) is 3.14. The van der Waals surface area contributed by atoms with Crippen molar-refractivity contribution in [2.75, 3.05) is 27.2 Å². The van der Waals surface area contributed by atoms with Crippen molar-refractivity contribution in [2.45, 2.75) is 30.9 Å². The molecule has 0 aromatic heterocycles. The minimum absolute atomic E-state index is 0.0451. The molecule has 1 atom stereocenters. The normalized spacial score (nSPS) is 19.6. The second-order valence-electron chi connectivity index (χ2n) is 7.59. The van der Waals surface area contributed by atoms with Gasteiger partial charge in [0.1, 0.15) is 18.2 Å². The van der Waals surface area contributed by atoms with Crippen molar-refractivity contribution in [1.29, 1.82) is 0 Å². The molecule has 1 heterocycles. The van der Waals surface area contributed by atoms with Crippen LogP contribution in [0.15, 0.2) is 48.5 Å². The Hall–Kier alpha value is -2.53. The van der Waals surface area contributed by atoms with Crippen LogP contribution in [0.1, 0.15) is 17.5 Å². The third kappa shape index (κ3) is 3.39. The zero-order valence-electron chi connectivity index (χ0n) is 15.9. The van der Waals surface area contributed by atoms with Crippen molar-refractivity contribution in [2.24, 2.45) is 0 Å². The van der Waals surface area contributed by atoms with Gasteiger partial charge in [0.05, 0.1) is 0 Å². The van der Waals surface area contributed by atoms with Crippen LogP contribution in [0.4, 0.5) is 0 Å². The highest BCUT2D eigenvalue weighted by molar-refractivity contribution is 5.88. The van der Waals surface area contributed by atoms with Crippen LogP contribution in [0.3, 0.4) is 0 Å². The fraction of sp³-hybridized carbons (Fsp3) is 0.409. The molecule has 0 saturated heterocycles. The number of likely N-dealkylation sites (N-methyl/N-ethyl adjacent to an activating group) is 1.